The summed E-state index contributed by atoms with van der Waals surface area (Å²) in [6.07, 6.45) is 11.9. The zero-order valence-corrected chi connectivity index (χ0v) is 13.7. The second kappa shape index (κ2) is 7.43. The number of ether oxygens (including phenoxy) is 2. The molecule has 2 saturated heterocycles. The van der Waals surface area contributed by atoms with Crippen LogP contribution in [0.5, 0.6) is 0 Å². The van der Waals surface area contributed by atoms with E-state index in [1.807, 2.05) is 0 Å². The topological polar surface area (TPSA) is 30.5 Å². The predicted octanol–water partition coefficient (Wildman–Crippen LogP) is 3.52. The lowest BCUT2D eigenvalue weighted by Gasteiger charge is -2.41. The zero-order chi connectivity index (χ0) is 14.5. The SMILES string of the molecule is CCCNC1CCCCC(C2CCOC3(CCOC3)C2)C1. The fourth-order valence-corrected chi connectivity index (χ4v) is 4.69. The van der Waals surface area contributed by atoms with Gasteiger partial charge in [0, 0.05) is 25.7 Å². The molecule has 4 unspecified atom stereocenters. The van der Waals surface area contributed by atoms with Gasteiger partial charge in [-0.05, 0) is 50.5 Å². The third-order valence-electron chi connectivity index (χ3n) is 5.91. The van der Waals surface area contributed by atoms with E-state index in [4.69, 9.17) is 9.47 Å². The molecule has 1 aliphatic carbocycles. The third-order valence-corrected chi connectivity index (χ3v) is 5.91. The van der Waals surface area contributed by atoms with E-state index in [1.165, 1.54) is 57.9 Å². The van der Waals surface area contributed by atoms with Gasteiger partial charge in [0.1, 0.15) is 0 Å². The normalized spacial score (nSPS) is 41.3. The van der Waals surface area contributed by atoms with Crippen molar-refractivity contribution < 1.29 is 9.47 Å². The van der Waals surface area contributed by atoms with Gasteiger partial charge < -0.3 is 14.8 Å². The molecular formula is C18H33NO2. The van der Waals surface area contributed by atoms with Crippen LogP contribution in [0.4, 0.5) is 0 Å². The van der Waals surface area contributed by atoms with Gasteiger partial charge in [-0.3, -0.25) is 0 Å². The van der Waals surface area contributed by atoms with Gasteiger partial charge >= 0.3 is 0 Å². The van der Waals surface area contributed by atoms with Crippen LogP contribution < -0.4 is 5.32 Å². The molecule has 21 heavy (non-hydrogen) atoms. The molecule has 4 atom stereocenters. The maximum absolute atomic E-state index is 6.13. The molecule has 2 heterocycles. The summed E-state index contributed by atoms with van der Waals surface area (Å²) >= 11 is 0. The Morgan fingerprint density at radius 3 is 2.81 bits per heavy atom. The Morgan fingerprint density at radius 2 is 2.00 bits per heavy atom. The second-order valence-electron chi connectivity index (χ2n) is 7.52. The van der Waals surface area contributed by atoms with Gasteiger partial charge in [0.15, 0.2) is 0 Å². The minimum absolute atomic E-state index is 0.0849. The van der Waals surface area contributed by atoms with Crippen molar-refractivity contribution in [1.29, 1.82) is 0 Å². The standard InChI is InChI=1S/C18H33NO2/c1-2-9-19-17-6-4-3-5-15(12-17)16-7-10-21-18(13-16)8-11-20-14-18/h15-17,19H,2-14H2,1H3. The fourth-order valence-electron chi connectivity index (χ4n) is 4.69. The lowest BCUT2D eigenvalue weighted by atomic mass is 9.75. The molecule has 0 aromatic carbocycles. The highest BCUT2D eigenvalue weighted by molar-refractivity contribution is 4.93. The average Bonchev–Trinajstić information content (AvgIpc) is 2.81. The molecule has 3 heteroatoms. The predicted molar refractivity (Wildman–Crippen MR) is 85.5 cm³/mol. The summed E-state index contributed by atoms with van der Waals surface area (Å²) in [5, 5.41) is 3.79. The Balaban J connectivity index is 1.58. The van der Waals surface area contributed by atoms with Crippen molar-refractivity contribution >= 4 is 0 Å². The maximum Gasteiger partial charge on any atom is 0.0939 e. The van der Waals surface area contributed by atoms with Crippen molar-refractivity contribution in [3.8, 4) is 0 Å². The molecule has 0 amide bonds. The first-order chi connectivity index (χ1) is 10.3. The molecule has 1 spiro atoms. The van der Waals surface area contributed by atoms with E-state index < -0.39 is 0 Å². The number of hydrogen-bond donors (Lipinski definition) is 1. The Morgan fingerprint density at radius 1 is 1.10 bits per heavy atom. The second-order valence-corrected chi connectivity index (χ2v) is 7.52. The molecule has 0 radical (unpaired) electrons. The van der Waals surface area contributed by atoms with Gasteiger partial charge in [-0.15, -0.1) is 0 Å². The molecule has 0 aromatic heterocycles. The highest BCUT2D eigenvalue weighted by Gasteiger charge is 2.43. The fraction of sp³-hybridized carbons (Fsp3) is 1.00. The van der Waals surface area contributed by atoms with E-state index in [-0.39, 0.29) is 5.60 Å². The summed E-state index contributed by atoms with van der Waals surface area (Å²) < 4.78 is 11.8. The first-order valence-electron chi connectivity index (χ1n) is 9.26. The first kappa shape index (κ1) is 15.8. The lowest BCUT2D eigenvalue weighted by molar-refractivity contribution is -0.108. The molecule has 3 fully saturated rings. The molecule has 2 aliphatic heterocycles. The highest BCUT2D eigenvalue weighted by atomic mass is 16.6. The number of rotatable bonds is 4. The van der Waals surface area contributed by atoms with Crippen molar-refractivity contribution in [2.24, 2.45) is 11.8 Å². The molecule has 122 valence electrons. The molecule has 1 N–H and O–H groups in total. The van der Waals surface area contributed by atoms with Crippen LogP contribution in [-0.2, 0) is 9.47 Å². The van der Waals surface area contributed by atoms with Crippen LogP contribution in [0.1, 0.15) is 64.7 Å². The van der Waals surface area contributed by atoms with Crippen LogP contribution in [0, 0.1) is 11.8 Å². The van der Waals surface area contributed by atoms with Gasteiger partial charge in [0.05, 0.1) is 12.2 Å². The van der Waals surface area contributed by atoms with Crippen molar-refractivity contribution in [1.82, 2.24) is 5.32 Å². The Bertz CT molecular complexity index is 314. The monoisotopic (exact) mass is 295 g/mol. The molecule has 1 saturated carbocycles. The number of nitrogens with one attached hydrogen (secondary N) is 1. The third kappa shape index (κ3) is 4.00. The zero-order valence-electron chi connectivity index (χ0n) is 13.7. The van der Waals surface area contributed by atoms with Crippen molar-refractivity contribution in [2.75, 3.05) is 26.4 Å². The van der Waals surface area contributed by atoms with Crippen LogP contribution in [0.25, 0.3) is 0 Å². The summed E-state index contributed by atoms with van der Waals surface area (Å²) in [5.74, 6) is 1.77. The quantitative estimate of drug-likeness (QED) is 0.805. The van der Waals surface area contributed by atoms with Gasteiger partial charge in [0.25, 0.3) is 0 Å². The largest absolute Gasteiger partial charge is 0.378 e. The van der Waals surface area contributed by atoms with Gasteiger partial charge in [0.2, 0.25) is 0 Å². The summed E-state index contributed by atoms with van der Waals surface area (Å²) in [6.45, 7) is 6.15. The molecule has 0 bridgehead atoms. The summed E-state index contributed by atoms with van der Waals surface area (Å²) in [4.78, 5) is 0. The van der Waals surface area contributed by atoms with E-state index in [2.05, 4.69) is 12.2 Å². The minimum Gasteiger partial charge on any atom is -0.378 e. The molecule has 3 rings (SSSR count). The van der Waals surface area contributed by atoms with Crippen molar-refractivity contribution in [3.05, 3.63) is 0 Å². The van der Waals surface area contributed by atoms with E-state index >= 15 is 0 Å². The molecule has 3 nitrogen and oxygen atoms in total. The maximum atomic E-state index is 6.13. The van der Waals surface area contributed by atoms with Crippen LogP contribution >= 0.6 is 0 Å². The molecular weight excluding hydrogens is 262 g/mol. The summed E-state index contributed by atoms with van der Waals surface area (Å²) in [5.41, 5.74) is 0.0849. The highest BCUT2D eigenvalue weighted by Crippen LogP contribution is 2.42. The smallest absolute Gasteiger partial charge is 0.0939 e. The number of hydrogen-bond acceptors (Lipinski definition) is 3. The van der Waals surface area contributed by atoms with Crippen LogP contribution in [-0.4, -0.2) is 38.0 Å². The van der Waals surface area contributed by atoms with Crippen molar-refractivity contribution in [3.63, 3.8) is 0 Å². The Hall–Kier alpha value is -0.120. The van der Waals surface area contributed by atoms with E-state index in [1.54, 1.807) is 0 Å². The van der Waals surface area contributed by atoms with Crippen LogP contribution in [0.2, 0.25) is 0 Å². The summed E-state index contributed by atoms with van der Waals surface area (Å²) in [6, 6.07) is 0.760. The van der Waals surface area contributed by atoms with Gasteiger partial charge in [-0.2, -0.15) is 0 Å². The Kier molecular flexibility index (Phi) is 5.58. The Labute approximate surface area is 130 Å². The average molecular weight is 295 g/mol. The first-order valence-corrected chi connectivity index (χ1v) is 9.26. The van der Waals surface area contributed by atoms with E-state index in [9.17, 15) is 0 Å². The minimum atomic E-state index is 0.0849. The molecule has 0 aromatic rings. The molecule has 3 aliphatic rings. The van der Waals surface area contributed by atoms with E-state index in [0.29, 0.717) is 0 Å². The van der Waals surface area contributed by atoms with E-state index in [0.717, 1.165) is 44.1 Å². The van der Waals surface area contributed by atoms with Crippen molar-refractivity contribution in [2.45, 2.75) is 76.4 Å². The lowest BCUT2D eigenvalue weighted by Crippen LogP contribution is -2.43. The van der Waals surface area contributed by atoms with Gasteiger partial charge in [-0.25, -0.2) is 0 Å². The van der Waals surface area contributed by atoms with Crippen LogP contribution in [0.15, 0.2) is 0 Å². The van der Waals surface area contributed by atoms with Gasteiger partial charge in [-0.1, -0.05) is 26.2 Å². The van der Waals surface area contributed by atoms with Crippen LogP contribution in [0.3, 0.4) is 0 Å². The summed E-state index contributed by atoms with van der Waals surface area (Å²) in [7, 11) is 0.